The summed E-state index contributed by atoms with van der Waals surface area (Å²) in [6.45, 7) is 9.98. The molecule has 0 bridgehead atoms. The lowest BCUT2D eigenvalue weighted by atomic mass is 10.0. The highest BCUT2D eigenvalue weighted by atomic mass is 15.0. The molecule has 0 unspecified atom stereocenters. The summed E-state index contributed by atoms with van der Waals surface area (Å²) in [4.78, 5) is 0. The highest BCUT2D eigenvalue weighted by Gasteiger charge is 2.31. The van der Waals surface area contributed by atoms with Gasteiger partial charge in [0.05, 0.1) is 0 Å². The smallest absolute Gasteiger partial charge is 0.000463 e. The Balaban J connectivity index is 0.000000101. The van der Waals surface area contributed by atoms with Gasteiger partial charge >= 0.3 is 0 Å². The summed E-state index contributed by atoms with van der Waals surface area (Å²) in [6, 6.07) is 0. The molecule has 4 N–H and O–H groups in total. The van der Waals surface area contributed by atoms with E-state index in [2.05, 4.69) is 21.3 Å². The molecule has 4 saturated heterocycles. The molecule has 0 saturated carbocycles. The predicted molar refractivity (Wildman–Crippen MR) is 65.4 cm³/mol. The van der Waals surface area contributed by atoms with Crippen molar-refractivity contribution in [2.24, 2.45) is 23.7 Å². The number of hydrogen-bond donors (Lipinski definition) is 4. The standard InChI is InChI=1S/2C6H12N2/c2*1-5-2-8-4-6(5)3-7-1/h2*5-8H,1-4H2. The second kappa shape index (κ2) is 5.00. The Morgan fingerprint density at radius 3 is 0.750 bits per heavy atom. The van der Waals surface area contributed by atoms with Gasteiger partial charge in [0.1, 0.15) is 0 Å². The number of nitrogens with one attached hydrogen (secondary N) is 4. The van der Waals surface area contributed by atoms with E-state index >= 15 is 0 Å². The first-order valence-corrected chi connectivity index (χ1v) is 6.76. The van der Waals surface area contributed by atoms with Crippen LogP contribution in [0.1, 0.15) is 0 Å². The van der Waals surface area contributed by atoms with Crippen molar-refractivity contribution in [1.82, 2.24) is 21.3 Å². The van der Waals surface area contributed by atoms with Crippen molar-refractivity contribution < 1.29 is 0 Å². The molecule has 4 nitrogen and oxygen atoms in total. The van der Waals surface area contributed by atoms with E-state index in [1.165, 1.54) is 52.4 Å². The summed E-state index contributed by atoms with van der Waals surface area (Å²) in [5.74, 6) is 3.81. The molecule has 4 heteroatoms. The molecule has 0 aromatic carbocycles. The van der Waals surface area contributed by atoms with E-state index in [1.54, 1.807) is 0 Å². The molecule has 0 spiro atoms. The zero-order valence-corrected chi connectivity index (χ0v) is 9.97. The molecule has 4 fully saturated rings. The van der Waals surface area contributed by atoms with E-state index in [-0.39, 0.29) is 0 Å². The van der Waals surface area contributed by atoms with Crippen LogP contribution >= 0.6 is 0 Å². The summed E-state index contributed by atoms with van der Waals surface area (Å²) < 4.78 is 0. The SMILES string of the molecule is C1NCC2CNCC12.C1NCC2CNCC12. The maximum atomic E-state index is 3.38. The zero-order chi connectivity index (χ0) is 10.8. The van der Waals surface area contributed by atoms with E-state index in [4.69, 9.17) is 0 Å². The monoisotopic (exact) mass is 224 g/mol. The largest absolute Gasteiger partial charge is 0.316 e. The Bertz CT molecular complexity index is 169. The van der Waals surface area contributed by atoms with Gasteiger partial charge in [0.25, 0.3) is 0 Å². The molecule has 4 heterocycles. The molecule has 92 valence electrons. The Hall–Kier alpha value is -0.160. The Labute approximate surface area is 97.9 Å². The zero-order valence-electron chi connectivity index (χ0n) is 9.97. The normalized spacial score (nSPS) is 45.0. The van der Waals surface area contributed by atoms with Crippen molar-refractivity contribution in [2.75, 3.05) is 52.4 Å². The second-order valence-electron chi connectivity index (χ2n) is 5.67. The Kier molecular flexibility index (Phi) is 3.43. The molecule has 16 heavy (non-hydrogen) atoms. The van der Waals surface area contributed by atoms with Gasteiger partial charge in [0.15, 0.2) is 0 Å². The van der Waals surface area contributed by atoms with Gasteiger partial charge < -0.3 is 21.3 Å². The maximum absolute atomic E-state index is 3.38. The lowest BCUT2D eigenvalue weighted by Crippen LogP contribution is -2.19. The van der Waals surface area contributed by atoms with Crippen molar-refractivity contribution in [3.8, 4) is 0 Å². The van der Waals surface area contributed by atoms with Crippen molar-refractivity contribution in [3.05, 3.63) is 0 Å². The lowest BCUT2D eigenvalue weighted by molar-refractivity contribution is 0.533. The lowest BCUT2D eigenvalue weighted by Gasteiger charge is -2.01. The molecule has 4 aliphatic rings. The van der Waals surface area contributed by atoms with Crippen LogP contribution in [0.4, 0.5) is 0 Å². The minimum atomic E-state index is 0.954. The average molecular weight is 224 g/mol. The van der Waals surface area contributed by atoms with Crippen molar-refractivity contribution >= 4 is 0 Å². The third-order valence-electron chi connectivity index (χ3n) is 4.59. The van der Waals surface area contributed by atoms with Gasteiger partial charge in [-0.3, -0.25) is 0 Å². The number of rotatable bonds is 0. The molecular weight excluding hydrogens is 200 g/mol. The number of fused-ring (bicyclic) bond motifs is 2. The Morgan fingerprint density at radius 2 is 0.562 bits per heavy atom. The fraction of sp³-hybridized carbons (Fsp3) is 1.00. The first-order chi connectivity index (χ1) is 7.93. The van der Waals surface area contributed by atoms with Crippen LogP contribution in [-0.2, 0) is 0 Å². The van der Waals surface area contributed by atoms with Crippen LogP contribution in [0.2, 0.25) is 0 Å². The molecule has 0 aromatic rings. The third kappa shape index (κ3) is 2.25. The van der Waals surface area contributed by atoms with Gasteiger partial charge in [-0.1, -0.05) is 0 Å². The summed E-state index contributed by atoms with van der Waals surface area (Å²) in [5.41, 5.74) is 0. The first-order valence-electron chi connectivity index (χ1n) is 6.76. The van der Waals surface area contributed by atoms with Crippen LogP contribution in [0, 0.1) is 23.7 Å². The van der Waals surface area contributed by atoms with Gasteiger partial charge in [0.2, 0.25) is 0 Å². The van der Waals surface area contributed by atoms with Gasteiger partial charge in [0, 0.05) is 0 Å². The van der Waals surface area contributed by atoms with Crippen molar-refractivity contribution in [3.63, 3.8) is 0 Å². The molecule has 0 radical (unpaired) electrons. The third-order valence-corrected chi connectivity index (χ3v) is 4.59. The van der Waals surface area contributed by atoms with E-state index in [0.29, 0.717) is 0 Å². The van der Waals surface area contributed by atoms with Crippen LogP contribution in [0.25, 0.3) is 0 Å². The second-order valence-corrected chi connectivity index (χ2v) is 5.67. The molecular formula is C12H24N4. The molecule has 4 rings (SSSR count). The topological polar surface area (TPSA) is 48.1 Å². The number of hydrogen-bond acceptors (Lipinski definition) is 4. The highest BCUT2D eigenvalue weighted by Crippen LogP contribution is 2.19. The van der Waals surface area contributed by atoms with E-state index in [0.717, 1.165) is 23.7 Å². The van der Waals surface area contributed by atoms with Crippen LogP contribution < -0.4 is 21.3 Å². The summed E-state index contributed by atoms with van der Waals surface area (Å²) in [5, 5.41) is 13.5. The average Bonchev–Trinajstić information content (AvgIpc) is 2.99. The van der Waals surface area contributed by atoms with Gasteiger partial charge in [-0.25, -0.2) is 0 Å². The van der Waals surface area contributed by atoms with Gasteiger partial charge in [-0.2, -0.15) is 0 Å². The molecule has 0 aliphatic carbocycles. The Morgan fingerprint density at radius 1 is 0.375 bits per heavy atom. The van der Waals surface area contributed by atoms with Crippen LogP contribution in [0.5, 0.6) is 0 Å². The molecule has 4 aliphatic heterocycles. The first kappa shape index (κ1) is 11.0. The predicted octanol–water partition coefficient (Wildman–Crippen LogP) is -1.15. The van der Waals surface area contributed by atoms with E-state index < -0.39 is 0 Å². The minimum absolute atomic E-state index is 0.954. The fourth-order valence-corrected chi connectivity index (χ4v) is 3.44. The summed E-state index contributed by atoms with van der Waals surface area (Å²) in [6.07, 6.45) is 0. The molecule has 0 amide bonds. The highest BCUT2D eigenvalue weighted by molar-refractivity contribution is 4.89. The summed E-state index contributed by atoms with van der Waals surface area (Å²) >= 11 is 0. The van der Waals surface area contributed by atoms with Crippen LogP contribution in [-0.4, -0.2) is 52.4 Å². The van der Waals surface area contributed by atoms with E-state index in [9.17, 15) is 0 Å². The van der Waals surface area contributed by atoms with Crippen molar-refractivity contribution in [1.29, 1.82) is 0 Å². The van der Waals surface area contributed by atoms with Gasteiger partial charge in [-0.15, -0.1) is 0 Å². The maximum Gasteiger partial charge on any atom is -0.000463 e. The van der Waals surface area contributed by atoms with Crippen LogP contribution in [0.3, 0.4) is 0 Å². The molecule has 0 atom stereocenters. The molecule has 0 aromatic heterocycles. The van der Waals surface area contributed by atoms with Gasteiger partial charge in [-0.05, 0) is 76.0 Å². The summed E-state index contributed by atoms with van der Waals surface area (Å²) in [7, 11) is 0. The fourth-order valence-electron chi connectivity index (χ4n) is 3.44. The quantitative estimate of drug-likeness (QED) is 0.420. The minimum Gasteiger partial charge on any atom is -0.316 e. The van der Waals surface area contributed by atoms with Crippen LogP contribution in [0.15, 0.2) is 0 Å². The van der Waals surface area contributed by atoms with E-state index in [1.807, 2.05) is 0 Å². The van der Waals surface area contributed by atoms with Crippen molar-refractivity contribution in [2.45, 2.75) is 0 Å².